The molecule has 2 aromatic heterocycles. The van der Waals surface area contributed by atoms with Crippen molar-refractivity contribution < 1.29 is 9.53 Å². The van der Waals surface area contributed by atoms with Crippen molar-refractivity contribution in [3.05, 3.63) is 93.7 Å². The van der Waals surface area contributed by atoms with Crippen LogP contribution in [0.15, 0.2) is 65.7 Å². The van der Waals surface area contributed by atoms with Crippen LogP contribution in [0.5, 0.6) is 5.75 Å². The second-order valence-corrected chi connectivity index (χ2v) is 7.79. The molecular weight excluding hydrogens is 378 g/mol. The molecule has 1 aromatic carbocycles. The third kappa shape index (κ3) is 4.43. The summed E-state index contributed by atoms with van der Waals surface area (Å²) < 4.78 is 7.46. The minimum Gasteiger partial charge on any atom is -0.483 e. The fraction of sp³-hybridized carbons (Fsp3) is 0.292. The van der Waals surface area contributed by atoms with Crippen molar-refractivity contribution in [1.29, 1.82) is 0 Å². The Morgan fingerprint density at radius 3 is 2.70 bits per heavy atom. The Balaban J connectivity index is 1.61. The van der Waals surface area contributed by atoms with Gasteiger partial charge in [0, 0.05) is 25.5 Å². The molecule has 1 unspecified atom stereocenters. The Hall–Kier alpha value is -3.41. The normalized spacial score (nSPS) is 14.2. The predicted octanol–water partition coefficient (Wildman–Crippen LogP) is 3.55. The van der Waals surface area contributed by atoms with Crippen LogP contribution in [-0.2, 0) is 13.7 Å². The molecule has 1 aliphatic rings. The maximum absolute atomic E-state index is 13.3. The predicted molar refractivity (Wildman–Crippen MR) is 114 cm³/mol. The van der Waals surface area contributed by atoms with Crippen LogP contribution >= 0.6 is 0 Å². The lowest BCUT2D eigenvalue weighted by Crippen LogP contribution is -2.33. The molecule has 0 aliphatic heterocycles. The molecule has 3 aromatic rings. The number of amides is 1. The Morgan fingerprint density at radius 2 is 2.00 bits per heavy atom. The number of nitrogens with one attached hydrogen (secondary N) is 1. The number of nitrogens with zero attached hydrogens (tertiary/aromatic N) is 2. The van der Waals surface area contributed by atoms with Crippen LogP contribution in [0.4, 0.5) is 0 Å². The minimum atomic E-state index is -0.335. The van der Waals surface area contributed by atoms with Gasteiger partial charge in [-0.1, -0.05) is 30.3 Å². The quantitative estimate of drug-likeness (QED) is 0.655. The van der Waals surface area contributed by atoms with Crippen LogP contribution in [0.25, 0.3) is 0 Å². The van der Waals surface area contributed by atoms with Crippen LogP contribution in [0.3, 0.4) is 0 Å². The second-order valence-electron chi connectivity index (χ2n) is 7.79. The number of aryl methyl sites for hydroxylation is 2. The number of aromatic nitrogens is 2. The standard InChI is InChI=1S/C24H25N3O3/c1-16-10-12-25-19(14-16)21(18-8-9-18)26-24(29)22-23(20(28)11-13-27(22)2)30-15-17-6-4-3-5-7-17/h3-7,10-14,18,21H,8-9,15H2,1-2H3,(H,26,29). The molecule has 1 aliphatic carbocycles. The van der Waals surface area contributed by atoms with Crippen LogP contribution in [0.2, 0.25) is 0 Å². The van der Waals surface area contributed by atoms with E-state index < -0.39 is 0 Å². The number of carbonyl (C=O) groups is 1. The maximum atomic E-state index is 13.3. The Morgan fingerprint density at radius 1 is 1.23 bits per heavy atom. The van der Waals surface area contributed by atoms with Gasteiger partial charge in [-0.3, -0.25) is 14.6 Å². The van der Waals surface area contributed by atoms with Gasteiger partial charge in [0.25, 0.3) is 5.91 Å². The monoisotopic (exact) mass is 403 g/mol. The summed E-state index contributed by atoms with van der Waals surface area (Å²) in [6.45, 7) is 2.22. The molecule has 1 amide bonds. The van der Waals surface area contributed by atoms with E-state index in [4.69, 9.17) is 4.74 Å². The van der Waals surface area contributed by atoms with Gasteiger partial charge in [0.15, 0.2) is 11.4 Å². The van der Waals surface area contributed by atoms with Crippen molar-refractivity contribution in [2.75, 3.05) is 0 Å². The van der Waals surface area contributed by atoms with Crippen LogP contribution in [0, 0.1) is 12.8 Å². The molecule has 0 bridgehead atoms. The number of benzene rings is 1. The highest BCUT2D eigenvalue weighted by Crippen LogP contribution is 2.40. The molecule has 1 N–H and O–H groups in total. The number of carbonyl (C=O) groups excluding carboxylic acids is 1. The topological polar surface area (TPSA) is 73.2 Å². The zero-order valence-corrected chi connectivity index (χ0v) is 17.2. The van der Waals surface area contributed by atoms with Gasteiger partial charge in [-0.15, -0.1) is 0 Å². The van der Waals surface area contributed by atoms with E-state index in [1.807, 2.05) is 49.4 Å². The van der Waals surface area contributed by atoms with Crippen molar-refractivity contribution in [3.63, 3.8) is 0 Å². The fourth-order valence-corrected chi connectivity index (χ4v) is 3.54. The zero-order chi connectivity index (χ0) is 21.1. The molecular formula is C24H25N3O3. The second kappa shape index (κ2) is 8.53. The minimum absolute atomic E-state index is 0.0631. The Labute approximate surface area is 175 Å². The smallest absolute Gasteiger partial charge is 0.272 e. The Bertz CT molecular complexity index is 1100. The fourth-order valence-electron chi connectivity index (χ4n) is 3.54. The van der Waals surface area contributed by atoms with Crippen molar-refractivity contribution in [2.45, 2.75) is 32.4 Å². The van der Waals surface area contributed by atoms with Gasteiger partial charge in [-0.25, -0.2) is 0 Å². The van der Waals surface area contributed by atoms with Crippen molar-refractivity contribution in [1.82, 2.24) is 14.9 Å². The summed E-state index contributed by atoms with van der Waals surface area (Å²) in [5, 5.41) is 3.10. The summed E-state index contributed by atoms with van der Waals surface area (Å²) >= 11 is 0. The molecule has 0 radical (unpaired) electrons. The lowest BCUT2D eigenvalue weighted by atomic mass is 10.1. The van der Waals surface area contributed by atoms with E-state index in [1.54, 1.807) is 24.0 Å². The zero-order valence-electron chi connectivity index (χ0n) is 17.2. The van der Waals surface area contributed by atoms with Crippen LogP contribution in [-0.4, -0.2) is 15.5 Å². The molecule has 6 heteroatoms. The summed E-state index contributed by atoms with van der Waals surface area (Å²) in [5.41, 5.74) is 2.77. The first kappa shape index (κ1) is 19.9. The van der Waals surface area contributed by atoms with Gasteiger partial charge in [-0.2, -0.15) is 0 Å². The van der Waals surface area contributed by atoms with Crippen LogP contribution in [0.1, 0.15) is 46.2 Å². The van der Waals surface area contributed by atoms with E-state index in [1.165, 1.54) is 6.07 Å². The molecule has 0 saturated heterocycles. The number of pyridine rings is 2. The molecule has 1 fully saturated rings. The van der Waals surface area contributed by atoms with Gasteiger partial charge >= 0.3 is 0 Å². The largest absolute Gasteiger partial charge is 0.483 e. The summed E-state index contributed by atoms with van der Waals surface area (Å²) in [4.78, 5) is 30.3. The summed E-state index contributed by atoms with van der Waals surface area (Å²) in [5.74, 6) is 0.0873. The number of rotatable bonds is 7. The molecule has 1 saturated carbocycles. The first-order valence-corrected chi connectivity index (χ1v) is 10.1. The summed E-state index contributed by atoms with van der Waals surface area (Å²) in [6.07, 6.45) is 5.44. The maximum Gasteiger partial charge on any atom is 0.272 e. The molecule has 154 valence electrons. The molecule has 2 heterocycles. The lowest BCUT2D eigenvalue weighted by Gasteiger charge is -2.20. The average molecular weight is 403 g/mol. The van der Waals surface area contributed by atoms with Crippen molar-refractivity contribution >= 4 is 5.91 Å². The van der Waals surface area contributed by atoms with Gasteiger partial charge in [-0.05, 0) is 48.9 Å². The molecule has 6 nitrogen and oxygen atoms in total. The average Bonchev–Trinajstić information content (AvgIpc) is 3.58. The third-order valence-corrected chi connectivity index (χ3v) is 5.32. The SMILES string of the molecule is Cc1ccnc(C(NC(=O)c2c(OCc3ccccc3)c(=O)ccn2C)C2CC2)c1. The highest BCUT2D eigenvalue weighted by Gasteiger charge is 2.35. The number of hydrogen-bond donors (Lipinski definition) is 1. The third-order valence-electron chi connectivity index (χ3n) is 5.32. The van der Waals surface area contributed by atoms with E-state index in [0.717, 1.165) is 29.7 Å². The molecule has 0 spiro atoms. The summed E-state index contributed by atoms with van der Waals surface area (Å²) in [7, 11) is 1.74. The van der Waals surface area contributed by atoms with Gasteiger partial charge in [0.2, 0.25) is 5.43 Å². The van der Waals surface area contributed by atoms with Gasteiger partial charge in [0.1, 0.15) is 6.61 Å². The van der Waals surface area contributed by atoms with E-state index >= 15 is 0 Å². The van der Waals surface area contributed by atoms with E-state index in [2.05, 4.69) is 10.3 Å². The first-order valence-electron chi connectivity index (χ1n) is 10.1. The van der Waals surface area contributed by atoms with Gasteiger partial charge < -0.3 is 14.6 Å². The molecule has 30 heavy (non-hydrogen) atoms. The Kier molecular flexibility index (Phi) is 5.65. The first-order chi connectivity index (χ1) is 14.5. The summed E-state index contributed by atoms with van der Waals surface area (Å²) in [6, 6.07) is 14.7. The van der Waals surface area contributed by atoms with Gasteiger partial charge in [0.05, 0.1) is 11.7 Å². The van der Waals surface area contributed by atoms with E-state index in [0.29, 0.717) is 5.92 Å². The highest BCUT2D eigenvalue weighted by atomic mass is 16.5. The number of hydrogen-bond acceptors (Lipinski definition) is 4. The lowest BCUT2D eigenvalue weighted by molar-refractivity contribution is 0.0915. The van der Waals surface area contributed by atoms with E-state index in [-0.39, 0.29) is 35.4 Å². The highest BCUT2D eigenvalue weighted by molar-refractivity contribution is 5.95. The number of ether oxygens (including phenoxy) is 1. The van der Waals surface area contributed by atoms with Crippen molar-refractivity contribution in [3.8, 4) is 5.75 Å². The van der Waals surface area contributed by atoms with E-state index in [9.17, 15) is 9.59 Å². The van der Waals surface area contributed by atoms with Crippen molar-refractivity contribution in [2.24, 2.45) is 13.0 Å². The molecule has 4 rings (SSSR count). The van der Waals surface area contributed by atoms with Crippen LogP contribution < -0.4 is 15.5 Å². The molecule has 1 atom stereocenters.